The lowest BCUT2D eigenvalue weighted by atomic mass is 9.82. The molecule has 0 aliphatic carbocycles. The van der Waals surface area contributed by atoms with Crippen molar-refractivity contribution in [2.75, 3.05) is 18.0 Å². The lowest BCUT2D eigenvalue weighted by Crippen LogP contribution is -2.39. The fourth-order valence-electron chi connectivity index (χ4n) is 4.64. The van der Waals surface area contributed by atoms with Gasteiger partial charge >= 0.3 is 5.97 Å². The smallest absolute Gasteiger partial charge is 0.340 e. The van der Waals surface area contributed by atoms with Gasteiger partial charge in [0.2, 0.25) is 0 Å². The van der Waals surface area contributed by atoms with Gasteiger partial charge in [0.05, 0.1) is 23.1 Å². The monoisotopic (exact) mass is 521 g/mol. The van der Waals surface area contributed by atoms with Gasteiger partial charge in [-0.3, -0.25) is 9.97 Å². The van der Waals surface area contributed by atoms with Crippen molar-refractivity contribution in [1.82, 2.24) is 9.97 Å². The summed E-state index contributed by atoms with van der Waals surface area (Å²) in [5.41, 5.74) is 5.11. The zero-order valence-electron chi connectivity index (χ0n) is 25.1. The maximum atomic E-state index is 13.5. The SMILES string of the molecule is Cc1ncc(-c2ccc(C=CC(C)C)nc2)c(N2CCC(C)(C)CC2)c1C(OC(C)(C)C)C(=O)OC(C)C. The highest BCUT2D eigenvalue weighted by atomic mass is 16.6. The van der Waals surface area contributed by atoms with Gasteiger partial charge in [-0.25, -0.2) is 4.79 Å². The Morgan fingerprint density at radius 2 is 1.71 bits per heavy atom. The summed E-state index contributed by atoms with van der Waals surface area (Å²) in [5.74, 6) is 0.0727. The Morgan fingerprint density at radius 1 is 1.05 bits per heavy atom. The van der Waals surface area contributed by atoms with Gasteiger partial charge in [0.1, 0.15) is 0 Å². The summed E-state index contributed by atoms with van der Waals surface area (Å²) >= 11 is 0. The number of anilines is 1. The molecular weight excluding hydrogens is 474 g/mol. The van der Waals surface area contributed by atoms with E-state index in [1.54, 1.807) is 0 Å². The van der Waals surface area contributed by atoms with Crippen LogP contribution in [0.1, 0.15) is 98.2 Å². The van der Waals surface area contributed by atoms with E-state index in [1.807, 2.05) is 60.0 Å². The third-order valence-electron chi connectivity index (χ3n) is 6.77. The van der Waals surface area contributed by atoms with E-state index in [4.69, 9.17) is 19.4 Å². The molecule has 0 aromatic carbocycles. The van der Waals surface area contributed by atoms with Crippen molar-refractivity contribution in [3.63, 3.8) is 0 Å². The minimum Gasteiger partial charge on any atom is -0.461 e. The molecule has 38 heavy (non-hydrogen) atoms. The summed E-state index contributed by atoms with van der Waals surface area (Å²) in [6, 6.07) is 4.12. The Labute approximate surface area is 229 Å². The molecule has 0 radical (unpaired) electrons. The van der Waals surface area contributed by atoms with Crippen LogP contribution in [0.4, 0.5) is 5.69 Å². The fraction of sp³-hybridized carbons (Fsp3) is 0.594. The Bertz CT molecular complexity index is 1120. The zero-order chi connectivity index (χ0) is 28.3. The number of hydrogen-bond acceptors (Lipinski definition) is 6. The molecule has 0 bridgehead atoms. The first kappa shape index (κ1) is 29.8. The number of aromatic nitrogens is 2. The third-order valence-corrected chi connectivity index (χ3v) is 6.77. The maximum Gasteiger partial charge on any atom is 0.340 e. The van der Waals surface area contributed by atoms with Crippen molar-refractivity contribution in [3.05, 3.63) is 47.6 Å². The van der Waals surface area contributed by atoms with Crippen LogP contribution >= 0.6 is 0 Å². The molecule has 0 amide bonds. The normalized spacial score (nSPS) is 16.9. The first-order valence-corrected chi connectivity index (χ1v) is 13.9. The van der Waals surface area contributed by atoms with Crippen LogP contribution in [0.15, 0.2) is 30.6 Å². The number of allylic oxidation sites excluding steroid dienone is 1. The number of nitrogens with zero attached hydrogens (tertiary/aromatic N) is 3. The number of esters is 1. The topological polar surface area (TPSA) is 64.5 Å². The number of rotatable bonds is 8. The molecule has 3 heterocycles. The highest BCUT2D eigenvalue weighted by Gasteiger charge is 2.37. The molecule has 2 aromatic heterocycles. The summed E-state index contributed by atoms with van der Waals surface area (Å²) in [7, 11) is 0. The first-order chi connectivity index (χ1) is 17.7. The molecule has 0 N–H and O–H groups in total. The minimum absolute atomic E-state index is 0.250. The van der Waals surface area contributed by atoms with Crippen LogP contribution in [0, 0.1) is 18.3 Å². The molecular formula is C32H47N3O3. The van der Waals surface area contributed by atoms with Crippen molar-refractivity contribution < 1.29 is 14.3 Å². The number of ether oxygens (including phenoxy) is 2. The number of piperidine rings is 1. The molecule has 208 valence electrons. The Hall–Kier alpha value is -2.73. The van der Waals surface area contributed by atoms with Crippen LogP contribution < -0.4 is 4.90 Å². The predicted molar refractivity (Wildman–Crippen MR) is 156 cm³/mol. The lowest BCUT2D eigenvalue weighted by molar-refractivity contribution is -0.171. The summed E-state index contributed by atoms with van der Waals surface area (Å²) in [5, 5.41) is 0. The van der Waals surface area contributed by atoms with E-state index >= 15 is 0 Å². The van der Waals surface area contributed by atoms with Crippen molar-refractivity contribution in [2.24, 2.45) is 11.3 Å². The Balaban J connectivity index is 2.20. The highest BCUT2D eigenvalue weighted by Crippen LogP contribution is 2.43. The van der Waals surface area contributed by atoms with E-state index in [9.17, 15) is 4.79 Å². The lowest BCUT2D eigenvalue weighted by Gasteiger charge is -2.41. The summed E-state index contributed by atoms with van der Waals surface area (Å²) < 4.78 is 12.2. The number of pyridine rings is 2. The van der Waals surface area contributed by atoms with E-state index in [0.29, 0.717) is 5.92 Å². The van der Waals surface area contributed by atoms with Crippen molar-refractivity contribution in [2.45, 2.75) is 99.9 Å². The van der Waals surface area contributed by atoms with Gasteiger partial charge in [-0.05, 0) is 77.9 Å². The van der Waals surface area contributed by atoms with Crippen LogP contribution in [-0.4, -0.2) is 40.7 Å². The van der Waals surface area contributed by atoms with E-state index in [2.05, 4.69) is 50.8 Å². The molecule has 1 atom stereocenters. The van der Waals surface area contributed by atoms with E-state index in [-0.39, 0.29) is 17.5 Å². The van der Waals surface area contributed by atoms with Gasteiger partial charge in [0.25, 0.3) is 0 Å². The van der Waals surface area contributed by atoms with Crippen LogP contribution in [0.5, 0.6) is 0 Å². The Morgan fingerprint density at radius 3 is 2.24 bits per heavy atom. The number of carbonyl (C=O) groups is 1. The van der Waals surface area contributed by atoms with Gasteiger partial charge in [-0.15, -0.1) is 0 Å². The Kier molecular flexibility index (Phi) is 9.40. The maximum absolute atomic E-state index is 13.5. The molecule has 6 heteroatoms. The first-order valence-electron chi connectivity index (χ1n) is 13.9. The largest absolute Gasteiger partial charge is 0.461 e. The molecule has 1 saturated heterocycles. The second-order valence-electron chi connectivity index (χ2n) is 12.8. The fourth-order valence-corrected chi connectivity index (χ4v) is 4.64. The molecule has 1 unspecified atom stereocenters. The summed E-state index contributed by atoms with van der Waals surface area (Å²) in [6.45, 7) is 22.3. The second kappa shape index (κ2) is 12.0. The molecule has 3 rings (SSSR count). The van der Waals surface area contributed by atoms with Crippen LogP contribution in [-0.2, 0) is 14.3 Å². The van der Waals surface area contributed by atoms with Gasteiger partial charge in [-0.1, -0.05) is 39.8 Å². The van der Waals surface area contributed by atoms with E-state index in [0.717, 1.165) is 59.7 Å². The molecule has 0 saturated carbocycles. The highest BCUT2D eigenvalue weighted by molar-refractivity contribution is 5.87. The van der Waals surface area contributed by atoms with Crippen LogP contribution in [0.2, 0.25) is 0 Å². The van der Waals surface area contributed by atoms with Crippen LogP contribution in [0.3, 0.4) is 0 Å². The van der Waals surface area contributed by atoms with E-state index in [1.165, 1.54) is 0 Å². The molecule has 2 aromatic rings. The van der Waals surface area contributed by atoms with Gasteiger partial charge in [-0.2, -0.15) is 0 Å². The number of hydrogen-bond donors (Lipinski definition) is 0. The summed E-state index contributed by atoms with van der Waals surface area (Å²) in [6.07, 6.45) is 8.99. The summed E-state index contributed by atoms with van der Waals surface area (Å²) in [4.78, 5) is 25.4. The number of aryl methyl sites for hydroxylation is 1. The van der Waals surface area contributed by atoms with Crippen molar-refractivity contribution >= 4 is 17.7 Å². The molecule has 0 spiro atoms. The second-order valence-corrected chi connectivity index (χ2v) is 12.8. The third kappa shape index (κ3) is 7.89. The van der Waals surface area contributed by atoms with Gasteiger partial charge in [0.15, 0.2) is 6.10 Å². The molecule has 6 nitrogen and oxygen atoms in total. The quantitative estimate of drug-likeness (QED) is 0.334. The minimum atomic E-state index is -0.893. The van der Waals surface area contributed by atoms with Crippen LogP contribution in [0.25, 0.3) is 17.2 Å². The molecule has 1 fully saturated rings. The standard InChI is InChI=1S/C32H47N3O3/c1-21(2)11-13-25-14-12-24(19-34-25)26-20-33-23(5)27(28(26)35-17-15-32(9,10)16-18-35)29(38-31(6,7)8)30(36)37-22(3)4/h11-14,19-22,29H,15-18H2,1-10H3. The van der Waals surface area contributed by atoms with Crippen molar-refractivity contribution in [3.8, 4) is 11.1 Å². The van der Waals surface area contributed by atoms with Crippen molar-refractivity contribution in [1.29, 1.82) is 0 Å². The average molecular weight is 522 g/mol. The van der Waals surface area contributed by atoms with Gasteiger partial charge in [0, 0.05) is 47.9 Å². The van der Waals surface area contributed by atoms with E-state index < -0.39 is 11.7 Å². The number of carbonyl (C=O) groups excluding carboxylic acids is 1. The molecule has 1 aliphatic heterocycles. The average Bonchev–Trinajstić information content (AvgIpc) is 2.81. The van der Waals surface area contributed by atoms with Gasteiger partial charge < -0.3 is 14.4 Å². The predicted octanol–water partition coefficient (Wildman–Crippen LogP) is 7.56. The molecule has 1 aliphatic rings. The zero-order valence-corrected chi connectivity index (χ0v) is 25.1.